The van der Waals surface area contributed by atoms with Crippen molar-refractivity contribution in [1.82, 2.24) is 18.9 Å². The third-order valence-corrected chi connectivity index (χ3v) is 7.91. The zero-order chi connectivity index (χ0) is 24.8. The van der Waals surface area contributed by atoms with Crippen LogP contribution in [0.5, 0.6) is 0 Å². The summed E-state index contributed by atoms with van der Waals surface area (Å²) in [6.45, 7) is 7.32. The van der Waals surface area contributed by atoms with E-state index in [4.69, 9.17) is 11.6 Å². The minimum atomic E-state index is -4.58. The zero-order valence-corrected chi connectivity index (χ0v) is 21.0. The van der Waals surface area contributed by atoms with Crippen molar-refractivity contribution in [3.8, 4) is 0 Å². The summed E-state index contributed by atoms with van der Waals surface area (Å²) >= 11 is 4.22. The predicted molar refractivity (Wildman–Crippen MR) is 129 cm³/mol. The Morgan fingerprint density at radius 2 is 1.88 bits per heavy atom. The molecule has 0 spiro atoms. The third kappa shape index (κ3) is 4.73. The molecule has 34 heavy (non-hydrogen) atoms. The fraction of sp³-hybridized carbons (Fsp3) is 0.478. The molecule has 1 aliphatic rings. The molecule has 0 saturated heterocycles. The molecule has 1 aliphatic heterocycles. The second kappa shape index (κ2) is 9.22. The van der Waals surface area contributed by atoms with Gasteiger partial charge in [0.2, 0.25) is 0 Å². The van der Waals surface area contributed by atoms with Crippen LogP contribution in [0, 0.1) is 0 Å². The summed E-state index contributed by atoms with van der Waals surface area (Å²) in [5, 5.41) is 4.67. The van der Waals surface area contributed by atoms with Crippen LogP contribution in [0.1, 0.15) is 51.4 Å². The molecule has 1 aromatic carbocycles. The SMILES string of the molecule is CCN([C@@H](c1ccc(N2CCCc3c2cnc2cc(Cl)nn32)cc1)C(F)(F)F)[S+]([O-])C(C)(C)C. The number of aromatic nitrogens is 3. The maximum absolute atomic E-state index is 14.2. The molecule has 0 aliphatic carbocycles. The van der Waals surface area contributed by atoms with E-state index < -0.39 is 28.3 Å². The molecule has 1 unspecified atom stereocenters. The number of nitrogens with zero attached hydrogens (tertiary/aromatic N) is 5. The number of hydrogen-bond acceptors (Lipinski definition) is 5. The van der Waals surface area contributed by atoms with Crippen molar-refractivity contribution in [3.63, 3.8) is 0 Å². The monoisotopic (exact) mass is 513 g/mol. The van der Waals surface area contributed by atoms with Crippen LogP contribution in [0.4, 0.5) is 24.5 Å². The van der Waals surface area contributed by atoms with Crippen molar-refractivity contribution in [2.75, 3.05) is 18.0 Å². The molecule has 184 valence electrons. The van der Waals surface area contributed by atoms with Crippen LogP contribution in [0.3, 0.4) is 0 Å². The molecular weight excluding hydrogens is 487 g/mol. The van der Waals surface area contributed by atoms with Gasteiger partial charge in [-0.1, -0.05) is 23.7 Å². The lowest BCUT2D eigenvalue weighted by Crippen LogP contribution is -2.48. The minimum absolute atomic E-state index is 0.00338. The lowest BCUT2D eigenvalue weighted by Gasteiger charge is -2.37. The van der Waals surface area contributed by atoms with E-state index in [0.29, 0.717) is 17.3 Å². The van der Waals surface area contributed by atoms with E-state index in [2.05, 4.69) is 10.1 Å². The van der Waals surface area contributed by atoms with Gasteiger partial charge in [0.05, 0.1) is 17.6 Å². The van der Waals surface area contributed by atoms with E-state index in [1.165, 1.54) is 12.1 Å². The quantitative estimate of drug-likeness (QED) is 0.400. The van der Waals surface area contributed by atoms with Gasteiger partial charge in [-0.15, -0.1) is 4.31 Å². The number of benzene rings is 1. The van der Waals surface area contributed by atoms with Crippen molar-refractivity contribution >= 4 is 40.0 Å². The van der Waals surface area contributed by atoms with Gasteiger partial charge in [0.25, 0.3) is 0 Å². The second-order valence-electron chi connectivity index (χ2n) is 9.21. The fourth-order valence-electron chi connectivity index (χ4n) is 4.30. The molecule has 0 radical (unpaired) electrons. The second-order valence-corrected chi connectivity index (χ2v) is 11.8. The summed E-state index contributed by atoms with van der Waals surface area (Å²) in [7, 11) is 0. The molecule has 0 fully saturated rings. The Morgan fingerprint density at radius 1 is 1.21 bits per heavy atom. The molecule has 2 atom stereocenters. The van der Waals surface area contributed by atoms with Gasteiger partial charge in [0, 0.05) is 36.2 Å². The highest BCUT2D eigenvalue weighted by atomic mass is 35.5. The zero-order valence-electron chi connectivity index (χ0n) is 19.4. The number of rotatable bonds is 5. The Bertz CT molecular complexity index is 1160. The van der Waals surface area contributed by atoms with Crippen molar-refractivity contribution < 1.29 is 17.7 Å². The predicted octanol–water partition coefficient (Wildman–Crippen LogP) is 5.85. The van der Waals surface area contributed by atoms with Gasteiger partial charge in [-0.25, -0.2) is 9.50 Å². The standard InChI is InChI=1S/C23H27ClF3N5OS/c1-5-31(34(33)22(2,3)4)21(23(25,26)27)15-8-10-16(11-9-15)30-12-6-7-17-18(30)14-28-20-13-19(24)29-32(17)20/h8-11,13-14,21H,5-7,12H2,1-4H3/t21-,34?/m0/s1. The number of hydrogen-bond donors (Lipinski definition) is 0. The topological polar surface area (TPSA) is 59.7 Å². The van der Waals surface area contributed by atoms with Crippen molar-refractivity contribution in [1.29, 1.82) is 0 Å². The summed E-state index contributed by atoms with van der Waals surface area (Å²) < 4.78 is 57.4. The fourth-order valence-corrected chi connectivity index (χ4v) is 5.84. The largest absolute Gasteiger partial charge is 0.597 e. The normalized spacial score (nSPS) is 16.7. The number of anilines is 2. The Balaban J connectivity index is 1.69. The van der Waals surface area contributed by atoms with Crippen LogP contribution in [-0.4, -0.2) is 47.5 Å². The molecule has 6 nitrogen and oxygen atoms in total. The van der Waals surface area contributed by atoms with Crippen LogP contribution < -0.4 is 4.90 Å². The molecule has 0 amide bonds. The van der Waals surface area contributed by atoms with E-state index in [9.17, 15) is 17.7 Å². The van der Waals surface area contributed by atoms with Gasteiger partial charge in [-0.3, -0.25) is 0 Å². The maximum Gasteiger partial charge on any atom is 0.412 e. The van der Waals surface area contributed by atoms with Gasteiger partial charge < -0.3 is 9.45 Å². The minimum Gasteiger partial charge on any atom is -0.597 e. The average molecular weight is 514 g/mol. The van der Waals surface area contributed by atoms with E-state index in [1.807, 2.05) is 4.90 Å². The first-order chi connectivity index (χ1) is 15.9. The average Bonchev–Trinajstić information content (AvgIpc) is 3.16. The number of alkyl halides is 3. The summed E-state index contributed by atoms with van der Waals surface area (Å²) in [4.78, 5) is 6.46. The number of aryl methyl sites for hydroxylation is 1. The van der Waals surface area contributed by atoms with E-state index in [0.717, 1.165) is 34.2 Å². The summed E-state index contributed by atoms with van der Waals surface area (Å²) in [5.41, 5.74) is 3.27. The van der Waals surface area contributed by atoms with Crippen LogP contribution in [0.15, 0.2) is 36.5 Å². The van der Waals surface area contributed by atoms with Crippen LogP contribution in [0.25, 0.3) is 5.65 Å². The molecule has 11 heteroatoms. The molecular formula is C23H27ClF3N5OS. The van der Waals surface area contributed by atoms with Crippen molar-refractivity contribution in [3.05, 3.63) is 52.9 Å². The van der Waals surface area contributed by atoms with Gasteiger partial charge in [0.15, 0.2) is 16.8 Å². The highest BCUT2D eigenvalue weighted by Crippen LogP contribution is 2.42. The van der Waals surface area contributed by atoms with Crippen LogP contribution >= 0.6 is 11.6 Å². The Hall–Kier alpha value is -2.01. The Labute approximate surface area is 205 Å². The maximum atomic E-state index is 14.2. The van der Waals surface area contributed by atoms with Gasteiger partial charge in [-0.2, -0.15) is 18.3 Å². The molecule has 4 rings (SSSR count). The lowest BCUT2D eigenvalue weighted by atomic mass is 10.0. The molecule has 2 aromatic heterocycles. The van der Waals surface area contributed by atoms with E-state index in [-0.39, 0.29) is 12.1 Å². The molecule has 0 N–H and O–H groups in total. The van der Waals surface area contributed by atoms with Gasteiger partial charge in [0.1, 0.15) is 4.75 Å². The Morgan fingerprint density at radius 3 is 2.47 bits per heavy atom. The summed E-state index contributed by atoms with van der Waals surface area (Å²) in [5.74, 6) is 0. The lowest BCUT2D eigenvalue weighted by molar-refractivity contribution is -0.173. The number of halogens is 4. The van der Waals surface area contributed by atoms with E-state index in [1.54, 1.807) is 56.6 Å². The summed E-state index contributed by atoms with van der Waals surface area (Å²) in [6.07, 6.45) is -1.18. The van der Waals surface area contributed by atoms with Crippen molar-refractivity contribution in [2.24, 2.45) is 0 Å². The Kier molecular flexibility index (Phi) is 6.80. The molecule has 3 aromatic rings. The molecule has 3 heterocycles. The highest BCUT2D eigenvalue weighted by Gasteiger charge is 2.51. The summed E-state index contributed by atoms with van der Waals surface area (Å²) in [6, 6.07) is 6.03. The van der Waals surface area contributed by atoms with E-state index >= 15 is 0 Å². The molecule has 0 bridgehead atoms. The first-order valence-corrected chi connectivity index (χ1v) is 12.6. The van der Waals surface area contributed by atoms with Crippen molar-refractivity contribution in [2.45, 2.75) is 57.5 Å². The first kappa shape index (κ1) is 25.1. The van der Waals surface area contributed by atoms with Crippen LogP contribution in [-0.2, 0) is 17.8 Å². The van der Waals surface area contributed by atoms with Gasteiger partial charge >= 0.3 is 6.18 Å². The smallest absolute Gasteiger partial charge is 0.412 e. The number of fused-ring (bicyclic) bond motifs is 3. The van der Waals surface area contributed by atoms with Crippen LogP contribution in [0.2, 0.25) is 5.15 Å². The molecule has 0 saturated carbocycles. The first-order valence-electron chi connectivity index (χ1n) is 11.1. The highest BCUT2D eigenvalue weighted by molar-refractivity contribution is 7.90. The van der Waals surface area contributed by atoms with Gasteiger partial charge in [-0.05, 0) is 58.2 Å². The third-order valence-electron chi connectivity index (χ3n) is 5.78.